The number of aromatic amines is 1. The molecule has 3 N–H and O–H groups in total. The van der Waals surface area contributed by atoms with Gasteiger partial charge in [0.25, 0.3) is 0 Å². The molecule has 4 rings (SSSR count). The lowest BCUT2D eigenvalue weighted by atomic mass is 9.88. The van der Waals surface area contributed by atoms with Crippen LogP contribution in [0.15, 0.2) is 18.3 Å². The molecular weight excluding hydrogens is 323 g/mol. The lowest BCUT2D eigenvalue weighted by molar-refractivity contribution is 0.00578. The number of rotatable bonds is 3. The normalized spacial score (nSPS) is 23.2. The van der Waals surface area contributed by atoms with E-state index in [1.165, 1.54) is 0 Å². The quantitative estimate of drug-likeness (QED) is 0.737. The number of aromatic nitrogens is 2. The number of nitrogens with one attached hydrogen (secondary N) is 3. The Labute approximate surface area is 146 Å². The first kappa shape index (κ1) is 16.3. The maximum absolute atomic E-state index is 6.13. The van der Waals surface area contributed by atoms with Crippen molar-refractivity contribution in [3.05, 3.63) is 24.2 Å². The zero-order chi connectivity index (χ0) is 16.9. The first-order chi connectivity index (χ1) is 11.4. The lowest BCUT2D eigenvalue weighted by Gasteiger charge is -2.32. The number of thiophene rings is 1. The van der Waals surface area contributed by atoms with Gasteiger partial charge in [0.2, 0.25) is 0 Å². The molecule has 4 heterocycles. The molecule has 0 atom stereocenters. The van der Waals surface area contributed by atoms with Gasteiger partial charge in [0.15, 0.2) is 0 Å². The van der Waals surface area contributed by atoms with Gasteiger partial charge < -0.3 is 14.3 Å². The highest BCUT2D eigenvalue weighted by molar-refractivity contribution is 7.25. The van der Waals surface area contributed by atoms with Crippen molar-refractivity contribution in [2.24, 2.45) is 0 Å². The first-order valence-electron chi connectivity index (χ1n) is 8.33. The van der Waals surface area contributed by atoms with Gasteiger partial charge in [-0.1, -0.05) is 6.07 Å². The van der Waals surface area contributed by atoms with E-state index in [1.807, 2.05) is 6.20 Å². The zero-order valence-corrected chi connectivity index (χ0v) is 15.3. The van der Waals surface area contributed by atoms with Crippen LogP contribution < -0.4 is 15.4 Å². The summed E-state index contributed by atoms with van der Waals surface area (Å²) in [5, 5.41) is 6.73. The minimum atomic E-state index is -0.317. The van der Waals surface area contributed by atoms with Crippen molar-refractivity contribution in [1.82, 2.24) is 20.6 Å². The third kappa shape index (κ3) is 2.72. The van der Waals surface area contributed by atoms with E-state index in [0.29, 0.717) is 0 Å². The van der Waals surface area contributed by atoms with E-state index in [0.717, 1.165) is 34.3 Å². The average Bonchev–Trinajstić information content (AvgIpc) is 3.26. The molecule has 8 heteroatoms. The monoisotopic (exact) mass is 346 g/mol. The Morgan fingerprint density at radius 2 is 1.79 bits per heavy atom. The van der Waals surface area contributed by atoms with Crippen molar-refractivity contribution in [1.29, 1.82) is 0 Å². The number of hydrogen-bond donors (Lipinski definition) is 3. The van der Waals surface area contributed by atoms with E-state index in [4.69, 9.17) is 9.31 Å². The van der Waals surface area contributed by atoms with E-state index in [1.54, 1.807) is 11.3 Å². The standard InChI is InChI=1S/C16H23BN4O2S/c1-15(2)16(3,4)23-17(22-15)12-6-5-11(24-12)10-9-20-14(21-10)13-18-7-8-19-13/h5-6,9,13,18-19H,7-8H2,1-4H3,(H,20,21). The third-order valence-corrected chi connectivity index (χ3v) is 6.21. The molecular formula is C16H23BN4O2S. The van der Waals surface area contributed by atoms with Crippen molar-refractivity contribution in [2.75, 3.05) is 13.1 Å². The van der Waals surface area contributed by atoms with Gasteiger partial charge >= 0.3 is 7.12 Å². The van der Waals surface area contributed by atoms with E-state index in [-0.39, 0.29) is 24.5 Å². The molecule has 0 spiro atoms. The Hall–Kier alpha value is -1.19. The summed E-state index contributed by atoms with van der Waals surface area (Å²) in [7, 11) is -0.311. The van der Waals surface area contributed by atoms with Gasteiger partial charge in [-0.25, -0.2) is 4.98 Å². The Balaban J connectivity index is 1.53. The molecule has 0 aromatic carbocycles. The predicted octanol–water partition coefficient (Wildman–Crippen LogP) is 1.63. The maximum atomic E-state index is 6.13. The van der Waals surface area contributed by atoms with Crippen molar-refractivity contribution in [2.45, 2.75) is 45.1 Å². The molecule has 2 fully saturated rings. The van der Waals surface area contributed by atoms with Crippen LogP contribution in [0.2, 0.25) is 0 Å². The van der Waals surface area contributed by atoms with E-state index < -0.39 is 0 Å². The van der Waals surface area contributed by atoms with Gasteiger partial charge in [0, 0.05) is 17.9 Å². The second-order valence-corrected chi connectivity index (χ2v) is 8.43. The fourth-order valence-electron chi connectivity index (χ4n) is 2.89. The maximum Gasteiger partial charge on any atom is 0.505 e. The van der Waals surface area contributed by atoms with E-state index in [2.05, 4.69) is 60.4 Å². The van der Waals surface area contributed by atoms with Crippen LogP contribution in [0.3, 0.4) is 0 Å². The minimum Gasteiger partial charge on any atom is -0.399 e. The molecule has 24 heavy (non-hydrogen) atoms. The van der Waals surface area contributed by atoms with Gasteiger partial charge in [-0.2, -0.15) is 0 Å². The molecule has 2 aliphatic rings. The molecule has 0 aliphatic carbocycles. The number of H-pyrrole nitrogens is 1. The number of imidazole rings is 1. The molecule has 0 unspecified atom stereocenters. The summed E-state index contributed by atoms with van der Waals surface area (Å²) in [5.74, 6) is 0.924. The van der Waals surface area contributed by atoms with E-state index in [9.17, 15) is 0 Å². The molecule has 2 aromatic rings. The van der Waals surface area contributed by atoms with Gasteiger partial charge in [-0.05, 0) is 33.8 Å². The fourth-order valence-corrected chi connectivity index (χ4v) is 3.82. The molecule has 0 saturated carbocycles. The van der Waals surface area contributed by atoms with Crippen LogP contribution in [0.4, 0.5) is 0 Å². The molecule has 0 radical (unpaired) electrons. The minimum absolute atomic E-state index is 0.112. The summed E-state index contributed by atoms with van der Waals surface area (Å²) >= 11 is 1.68. The highest BCUT2D eigenvalue weighted by atomic mass is 32.1. The first-order valence-corrected chi connectivity index (χ1v) is 9.15. The SMILES string of the molecule is CC1(C)OB(c2ccc(-c3cnc(C4NCCN4)[nH]3)s2)OC1(C)C. The van der Waals surface area contributed by atoms with Crippen LogP contribution in [-0.2, 0) is 9.31 Å². The van der Waals surface area contributed by atoms with Crippen molar-refractivity contribution >= 4 is 23.2 Å². The molecule has 2 aromatic heterocycles. The summed E-state index contributed by atoms with van der Waals surface area (Å²) in [6.45, 7) is 10.2. The van der Waals surface area contributed by atoms with Gasteiger partial charge in [-0.15, -0.1) is 11.3 Å². The topological polar surface area (TPSA) is 71.2 Å². The highest BCUT2D eigenvalue weighted by Gasteiger charge is 2.52. The fraction of sp³-hybridized carbons (Fsp3) is 0.562. The third-order valence-electron chi connectivity index (χ3n) is 5.07. The number of hydrogen-bond acceptors (Lipinski definition) is 6. The van der Waals surface area contributed by atoms with Gasteiger partial charge in [0.1, 0.15) is 12.0 Å². The van der Waals surface area contributed by atoms with Crippen molar-refractivity contribution in [3.8, 4) is 10.6 Å². The van der Waals surface area contributed by atoms with Crippen LogP contribution >= 0.6 is 11.3 Å². The number of nitrogens with zero attached hydrogens (tertiary/aromatic N) is 1. The van der Waals surface area contributed by atoms with Crippen LogP contribution in [0.25, 0.3) is 10.6 Å². The van der Waals surface area contributed by atoms with Crippen LogP contribution in [0.1, 0.15) is 39.7 Å². The molecule has 6 nitrogen and oxygen atoms in total. The van der Waals surface area contributed by atoms with Gasteiger partial charge in [-0.3, -0.25) is 10.6 Å². The zero-order valence-electron chi connectivity index (χ0n) is 14.5. The average molecular weight is 346 g/mol. The lowest BCUT2D eigenvalue weighted by Crippen LogP contribution is -2.41. The summed E-state index contributed by atoms with van der Waals surface area (Å²) in [6.07, 6.45) is 2.00. The van der Waals surface area contributed by atoms with Crippen LogP contribution in [0, 0.1) is 0 Å². The van der Waals surface area contributed by atoms with E-state index >= 15 is 0 Å². The second kappa shape index (κ2) is 5.67. The Kier molecular flexibility index (Phi) is 3.85. The Morgan fingerprint density at radius 1 is 1.12 bits per heavy atom. The largest absolute Gasteiger partial charge is 0.505 e. The summed E-state index contributed by atoms with van der Waals surface area (Å²) < 4.78 is 13.3. The summed E-state index contributed by atoms with van der Waals surface area (Å²) in [6, 6.07) is 4.17. The molecule has 0 amide bonds. The Morgan fingerprint density at radius 3 is 2.46 bits per heavy atom. The summed E-state index contributed by atoms with van der Waals surface area (Å²) in [5.41, 5.74) is 0.388. The smallest absolute Gasteiger partial charge is 0.399 e. The van der Waals surface area contributed by atoms with Crippen LogP contribution in [-0.4, -0.2) is 41.4 Å². The second-order valence-electron chi connectivity index (χ2n) is 7.31. The predicted molar refractivity (Wildman–Crippen MR) is 96.4 cm³/mol. The molecule has 2 saturated heterocycles. The van der Waals surface area contributed by atoms with Crippen molar-refractivity contribution in [3.63, 3.8) is 0 Å². The van der Waals surface area contributed by atoms with Crippen LogP contribution in [0.5, 0.6) is 0 Å². The molecule has 2 aliphatic heterocycles. The van der Waals surface area contributed by atoms with Gasteiger partial charge in [0.05, 0.1) is 28.0 Å². The highest BCUT2D eigenvalue weighted by Crippen LogP contribution is 2.37. The summed E-state index contributed by atoms with van der Waals surface area (Å²) in [4.78, 5) is 9.03. The molecule has 0 bridgehead atoms. The Bertz CT molecular complexity index is 720. The van der Waals surface area contributed by atoms with Crippen molar-refractivity contribution < 1.29 is 9.31 Å². The molecule has 128 valence electrons.